The van der Waals surface area contributed by atoms with Crippen LogP contribution in [-0.2, 0) is 4.79 Å². The molecule has 0 aromatic carbocycles. The van der Waals surface area contributed by atoms with Gasteiger partial charge in [0.05, 0.1) is 6.10 Å². The first-order valence-electron chi connectivity index (χ1n) is 7.79. The summed E-state index contributed by atoms with van der Waals surface area (Å²) in [5, 5.41) is 9.58. The summed E-state index contributed by atoms with van der Waals surface area (Å²) in [6.45, 7) is 3.80. The number of aliphatic hydroxyl groups excluding tert-OH is 1. The zero-order chi connectivity index (χ0) is 13.7. The lowest BCUT2D eigenvalue weighted by Crippen LogP contribution is -2.42. The summed E-state index contributed by atoms with van der Waals surface area (Å²) in [7, 11) is 2.18. The SMILES string of the molecule is CN1CCC(CCCC(=O)N2CCCC(O)C2)CC1. The van der Waals surface area contributed by atoms with Gasteiger partial charge in [-0.3, -0.25) is 4.79 Å². The summed E-state index contributed by atoms with van der Waals surface area (Å²) in [6.07, 6.45) is 6.93. The smallest absolute Gasteiger partial charge is 0.222 e. The van der Waals surface area contributed by atoms with Crippen molar-refractivity contribution in [2.45, 2.75) is 51.0 Å². The molecule has 0 bridgehead atoms. The molecule has 0 saturated carbocycles. The van der Waals surface area contributed by atoms with E-state index in [0.29, 0.717) is 13.0 Å². The molecular formula is C15H28N2O2. The number of nitrogens with zero attached hydrogens (tertiary/aromatic N) is 2. The second-order valence-corrected chi connectivity index (χ2v) is 6.27. The van der Waals surface area contributed by atoms with Gasteiger partial charge < -0.3 is 14.9 Å². The number of β-amino-alcohol motifs (C(OH)–C–C–N with tert-alkyl or cyclic N) is 1. The molecule has 0 aromatic rings. The third kappa shape index (κ3) is 4.77. The van der Waals surface area contributed by atoms with Crippen molar-refractivity contribution in [3.05, 3.63) is 0 Å². The van der Waals surface area contributed by atoms with E-state index in [0.717, 1.165) is 31.7 Å². The highest BCUT2D eigenvalue weighted by molar-refractivity contribution is 5.76. The molecular weight excluding hydrogens is 240 g/mol. The van der Waals surface area contributed by atoms with E-state index in [9.17, 15) is 9.90 Å². The first kappa shape index (κ1) is 14.8. The Balaban J connectivity index is 1.61. The van der Waals surface area contributed by atoms with Gasteiger partial charge in [0.2, 0.25) is 5.91 Å². The van der Waals surface area contributed by atoms with Gasteiger partial charge in [-0.15, -0.1) is 0 Å². The standard InChI is InChI=1S/C15H28N2O2/c1-16-10-7-13(8-11-16)4-2-6-15(19)17-9-3-5-14(18)12-17/h13-14,18H,2-12H2,1H3. The summed E-state index contributed by atoms with van der Waals surface area (Å²) >= 11 is 0. The van der Waals surface area contributed by atoms with Crippen LogP contribution in [0.2, 0.25) is 0 Å². The topological polar surface area (TPSA) is 43.8 Å². The summed E-state index contributed by atoms with van der Waals surface area (Å²) in [5.41, 5.74) is 0. The molecule has 110 valence electrons. The lowest BCUT2D eigenvalue weighted by molar-refractivity contribution is -0.134. The van der Waals surface area contributed by atoms with Crippen LogP contribution < -0.4 is 0 Å². The Hall–Kier alpha value is -0.610. The Bertz CT molecular complexity index is 288. The molecule has 2 heterocycles. The van der Waals surface area contributed by atoms with E-state index >= 15 is 0 Å². The van der Waals surface area contributed by atoms with Gasteiger partial charge >= 0.3 is 0 Å². The van der Waals surface area contributed by atoms with Crippen LogP contribution in [-0.4, -0.2) is 60.1 Å². The fourth-order valence-corrected chi connectivity index (χ4v) is 3.23. The molecule has 1 unspecified atom stereocenters. The number of hydrogen-bond acceptors (Lipinski definition) is 3. The Kier molecular flexibility index (Phi) is 5.64. The first-order chi connectivity index (χ1) is 9.15. The Morgan fingerprint density at radius 2 is 1.95 bits per heavy atom. The third-order valence-corrected chi connectivity index (χ3v) is 4.59. The zero-order valence-electron chi connectivity index (χ0n) is 12.2. The molecule has 0 radical (unpaired) electrons. The van der Waals surface area contributed by atoms with Crippen LogP contribution in [0.4, 0.5) is 0 Å². The normalized spacial score (nSPS) is 26.6. The van der Waals surface area contributed by atoms with Crippen LogP contribution in [0.1, 0.15) is 44.9 Å². The molecule has 2 fully saturated rings. The molecule has 1 atom stereocenters. The van der Waals surface area contributed by atoms with Crippen molar-refractivity contribution in [1.29, 1.82) is 0 Å². The summed E-state index contributed by atoms with van der Waals surface area (Å²) in [6, 6.07) is 0. The highest BCUT2D eigenvalue weighted by Crippen LogP contribution is 2.22. The third-order valence-electron chi connectivity index (χ3n) is 4.59. The van der Waals surface area contributed by atoms with E-state index in [2.05, 4.69) is 11.9 Å². The van der Waals surface area contributed by atoms with Gasteiger partial charge in [0, 0.05) is 19.5 Å². The number of hydrogen-bond donors (Lipinski definition) is 1. The van der Waals surface area contributed by atoms with Crippen LogP contribution in [0.3, 0.4) is 0 Å². The number of aliphatic hydroxyl groups is 1. The van der Waals surface area contributed by atoms with Gasteiger partial charge in [-0.25, -0.2) is 0 Å². The molecule has 4 heteroatoms. The first-order valence-corrected chi connectivity index (χ1v) is 7.79. The molecule has 1 amide bonds. The molecule has 0 aromatic heterocycles. The van der Waals surface area contributed by atoms with E-state index in [1.54, 1.807) is 0 Å². The van der Waals surface area contributed by atoms with Crippen molar-refractivity contribution >= 4 is 5.91 Å². The second-order valence-electron chi connectivity index (χ2n) is 6.27. The molecule has 2 rings (SSSR count). The molecule has 4 nitrogen and oxygen atoms in total. The highest BCUT2D eigenvalue weighted by Gasteiger charge is 2.22. The van der Waals surface area contributed by atoms with Gasteiger partial charge in [-0.05, 0) is 64.6 Å². The van der Waals surface area contributed by atoms with Crippen molar-refractivity contribution in [3.8, 4) is 0 Å². The number of rotatable bonds is 4. The summed E-state index contributed by atoms with van der Waals surface area (Å²) < 4.78 is 0. The van der Waals surface area contributed by atoms with Crippen molar-refractivity contribution in [2.75, 3.05) is 33.2 Å². The number of likely N-dealkylation sites (tertiary alicyclic amines) is 2. The quantitative estimate of drug-likeness (QED) is 0.840. The van der Waals surface area contributed by atoms with Gasteiger partial charge in [0.15, 0.2) is 0 Å². The fourth-order valence-electron chi connectivity index (χ4n) is 3.23. The molecule has 2 aliphatic rings. The van der Waals surface area contributed by atoms with E-state index in [1.165, 1.54) is 32.4 Å². The van der Waals surface area contributed by atoms with Gasteiger partial charge in [0.1, 0.15) is 0 Å². The summed E-state index contributed by atoms with van der Waals surface area (Å²) in [4.78, 5) is 16.3. The lowest BCUT2D eigenvalue weighted by Gasteiger charge is -2.31. The average Bonchev–Trinajstić information content (AvgIpc) is 2.41. The van der Waals surface area contributed by atoms with Crippen molar-refractivity contribution in [3.63, 3.8) is 0 Å². The highest BCUT2D eigenvalue weighted by atomic mass is 16.3. The molecule has 0 aliphatic carbocycles. The van der Waals surface area contributed by atoms with E-state index in [4.69, 9.17) is 0 Å². The van der Waals surface area contributed by atoms with Crippen LogP contribution >= 0.6 is 0 Å². The maximum atomic E-state index is 12.0. The van der Waals surface area contributed by atoms with E-state index in [-0.39, 0.29) is 12.0 Å². The Morgan fingerprint density at radius 3 is 2.63 bits per heavy atom. The van der Waals surface area contributed by atoms with Crippen molar-refractivity contribution < 1.29 is 9.90 Å². The van der Waals surface area contributed by atoms with Crippen LogP contribution in [0.5, 0.6) is 0 Å². The van der Waals surface area contributed by atoms with E-state index < -0.39 is 0 Å². The van der Waals surface area contributed by atoms with Crippen LogP contribution in [0.15, 0.2) is 0 Å². The fraction of sp³-hybridized carbons (Fsp3) is 0.933. The largest absolute Gasteiger partial charge is 0.391 e. The number of amides is 1. The van der Waals surface area contributed by atoms with E-state index in [1.807, 2.05) is 4.90 Å². The van der Waals surface area contributed by atoms with Gasteiger partial charge in [-0.2, -0.15) is 0 Å². The zero-order valence-corrected chi connectivity index (χ0v) is 12.2. The number of carbonyl (C=O) groups excluding carboxylic acids is 1. The summed E-state index contributed by atoms with van der Waals surface area (Å²) in [5.74, 6) is 1.06. The van der Waals surface area contributed by atoms with Crippen LogP contribution in [0.25, 0.3) is 0 Å². The minimum absolute atomic E-state index is 0.242. The number of carbonyl (C=O) groups is 1. The Labute approximate surface area is 116 Å². The van der Waals surface area contributed by atoms with Gasteiger partial charge in [0.25, 0.3) is 0 Å². The maximum absolute atomic E-state index is 12.0. The molecule has 19 heavy (non-hydrogen) atoms. The van der Waals surface area contributed by atoms with Crippen molar-refractivity contribution in [2.24, 2.45) is 5.92 Å². The molecule has 2 saturated heterocycles. The average molecular weight is 268 g/mol. The van der Waals surface area contributed by atoms with Crippen LogP contribution in [0, 0.1) is 5.92 Å². The molecule has 2 aliphatic heterocycles. The predicted molar refractivity (Wildman–Crippen MR) is 75.9 cm³/mol. The minimum Gasteiger partial charge on any atom is -0.391 e. The lowest BCUT2D eigenvalue weighted by atomic mass is 9.91. The second kappa shape index (κ2) is 7.25. The Morgan fingerprint density at radius 1 is 1.21 bits per heavy atom. The van der Waals surface area contributed by atoms with Gasteiger partial charge in [-0.1, -0.05) is 0 Å². The molecule has 0 spiro atoms. The number of piperidine rings is 2. The molecule has 1 N–H and O–H groups in total. The predicted octanol–water partition coefficient (Wildman–Crippen LogP) is 1.48. The monoisotopic (exact) mass is 268 g/mol. The minimum atomic E-state index is -0.299. The van der Waals surface area contributed by atoms with Crippen molar-refractivity contribution in [1.82, 2.24) is 9.80 Å². The maximum Gasteiger partial charge on any atom is 0.222 e.